The van der Waals surface area contributed by atoms with E-state index in [4.69, 9.17) is 17.2 Å². The summed E-state index contributed by atoms with van der Waals surface area (Å²) >= 11 is 0. The molecule has 15 heteroatoms. The predicted molar refractivity (Wildman–Crippen MR) is 152 cm³/mol. The molecule has 4 atom stereocenters. The highest BCUT2D eigenvalue weighted by molar-refractivity contribution is 5.94. The third-order valence-corrected chi connectivity index (χ3v) is 6.34. The Balaban J connectivity index is 2.25. The summed E-state index contributed by atoms with van der Waals surface area (Å²) in [5, 5.41) is 35.7. The molecule has 12 N–H and O–H groups in total. The first-order chi connectivity index (χ1) is 20.2. The first kappa shape index (κ1) is 34.0. The topological polar surface area (TPSA) is 277 Å². The Labute approximate surface area is 246 Å². The summed E-state index contributed by atoms with van der Waals surface area (Å²) < 4.78 is 0. The smallest absolute Gasteiger partial charge is 0.326 e. The normalized spacial score (nSPS) is 13.5. The Morgan fingerprint density at radius 3 is 1.47 bits per heavy atom. The molecule has 0 aliphatic rings. The van der Waals surface area contributed by atoms with Gasteiger partial charge in [-0.05, 0) is 54.7 Å². The molecule has 0 bridgehead atoms. The van der Waals surface area contributed by atoms with Gasteiger partial charge in [0.15, 0.2) is 0 Å². The zero-order chi connectivity index (χ0) is 32.1. The van der Waals surface area contributed by atoms with Gasteiger partial charge in [0, 0.05) is 19.3 Å². The summed E-state index contributed by atoms with van der Waals surface area (Å²) in [7, 11) is 0. The van der Waals surface area contributed by atoms with Crippen molar-refractivity contribution in [2.24, 2.45) is 17.2 Å². The monoisotopic (exact) mass is 600 g/mol. The van der Waals surface area contributed by atoms with Gasteiger partial charge in [0.1, 0.15) is 29.6 Å². The molecule has 2 aromatic rings. The molecule has 0 spiro atoms. The summed E-state index contributed by atoms with van der Waals surface area (Å²) in [6, 6.07) is 6.47. The third-order valence-electron chi connectivity index (χ3n) is 6.34. The van der Waals surface area contributed by atoms with Gasteiger partial charge < -0.3 is 48.5 Å². The summed E-state index contributed by atoms with van der Waals surface area (Å²) in [6.07, 6.45) is -1.30. The Morgan fingerprint density at radius 1 is 0.605 bits per heavy atom. The lowest BCUT2D eigenvalue weighted by atomic mass is 10.0. The van der Waals surface area contributed by atoms with Crippen molar-refractivity contribution in [2.75, 3.05) is 0 Å². The lowest BCUT2D eigenvalue weighted by Gasteiger charge is -2.25. The molecule has 4 unspecified atom stereocenters. The number of hydrogen-bond acceptors (Lipinski definition) is 9. The van der Waals surface area contributed by atoms with Crippen molar-refractivity contribution < 1.29 is 44.1 Å². The van der Waals surface area contributed by atoms with E-state index in [1.165, 1.54) is 36.4 Å². The van der Waals surface area contributed by atoms with Gasteiger partial charge in [0.25, 0.3) is 0 Å². The third kappa shape index (κ3) is 12.1. The minimum absolute atomic E-state index is 0.0304. The molecule has 43 heavy (non-hydrogen) atoms. The fourth-order valence-electron chi connectivity index (χ4n) is 3.98. The number of carboxylic acid groups (broad SMARTS) is 1. The van der Waals surface area contributed by atoms with E-state index in [-0.39, 0.29) is 50.0 Å². The molecule has 0 saturated carbocycles. The van der Waals surface area contributed by atoms with Crippen LogP contribution in [0, 0.1) is 0 Å². The number of phenolic OH excluding ortho intramolecular Hbond substituents is 2. The van der Waals surface area contributed by atoms with Crippen LogP contribution in [0.3, 0.4) is 0 Å². The van der Waals surface area contributed by atoms with Crippen LogP contribution in [-0.4, -0.2) is 75.0 Å². The van der Waals surface area contributed by atoms with E-state index in [0.29, 0.717) is 11.1 Å². The first-order valence-electron chi connectivity index (χ1n) is 13.3. The Kier molecular flexibility index (Phi) is 12.9. The molecule has 0 aromatic heterocycles. The molecule has 0 aliphatic carbocycles. The maximum atomic E-state index is 13.4. The van der Waals surface area contributed by atoms with Crippen molar-refractivity contribution in [1.29, 1.82) is 0 Å². The lowest BCUT2D eigenvalue weighted by molar-refractivity contribution is -0.142. The van der Waals surface area contributed by atoms with Gasteiger partial charge in [-0.1, -0.05) is 24.3 Å². The molecule has 5 amide bonds. The van der Waals surface area contributed by atoms with Crippen molar-refractivity contribution in [2.45, 2.75) is 62.7 Å². The number of benzene rings is 2. The minimum Gasteiger partial charge on any atom is -0.508 e. The van der Waals surface area contributed by atoms with Crippen molar-refractivity contribution in [3.8, 4) is 11.5 Å². The highest BCUT2D eigenvalue weighted by Crippen LogP contribution is 2.14. The van der Waals surface area contributed by atoms with Gasteiger partial charge in [-0.3, -0.25) is 24.0 Å². The molecular weight excluding hydrogens is 564 g/mol. The van der Waals surface area contributed by atoms with Gasteiger partial charge in [0.2, 0.25) is 29.5 Å². The van der Waals surface area contributed by atoms with Crippen LogP contribution < -0.4 is 33.2 Å². The average molecular weight is 601 g/mol. The number of nitrogens with two attached hydrogens (primary N) is 3. The number of primary amides is 2. The molecular formula is C28H36N6O9. The van der Waals surface area contributed by atoms with Crippen LogP contribution in [0.15, 0.2) is 48.5 Å². The SMILES string of the molecule is NC(=O)CCC(NC(=O)C(CCC(N)=O)NC(=O)C(Cc1ccc(O)cc1)NC(=O)C(N)Cc1ccc(O)cc1)C(=O)O. The molecule has 232 valence electrons. The molecule has 2 rings (SSSR count). The highest BCUT2D eigenvalue weighted by Gasteiger charge is 2.31. The molecule has 0 radical (unpaired) electrons. The number of carbonyl (C=O) groups excluding carboxylic acids is 5. The van der Waals surface area contributed by atoms with Gasteiger partial charge in [-0.2, -0.15) is 0 Å². The molecule has 0 aliphatic heterocycles. The Hall–Kier alpha value is -5.18. The zero-order valence-electron chi connectivity index (χ0n) is 23.2. The first-order valence-corrected chi connectivity index (χ1v) is 13.3. The maximum Gasteiger partial charge on any atom is 0.326 e. The molecule has 0 heterocycles. The largest absolute Gasteiger partial charge is 0.508 e. The lowest BCUT2D eigenvalue weighted by Crippen LogP contribution is -2.58. The van der Waals surface area contributed by atoms with Gasteiger partial charge in [0.05, 0.1) is 6.04 Å². The second-order valence-corrected chi connectivity index (χ2v) is 9.88. The number of hydrogen-bond donors (Lipinski definition) is 9. The van der Waals surface area contributed by atoms with Crippen LogP contribution >= 0.6 is 0 Å². The predicted octanol–water partition coefficient (Wildman–Crippen LogP) is -1.72. The standard InChI is InChI=1S/C28H36N6O9/c29-19(13-15-1-5-17(35)6-2-15)25(39)34-22(14-16-3-7-18(36)8-4-16)27(41)32-20(9-11-23(30)37)26(40)33-21(28(42)43)10-12-24(31)38/h1-8,19-22,35-36H,9-14,29H2,(H2,30,37)(H2,31,38)(H,32,41)(H,33,40)(H,34,39)(H,42,43). The van der Waals surface area contributed by atoms with Crippen LogP contribution in [0.2, 0.25) is 0 Å². The number of aromatic hydroxyl groups is 2. The van der Waals surface area contributed by atoms with Crippen molar-refractivity contribution in [3.05, 3.63) is 59.7 Å². The number of nitrogens with one attached hydrogen (secondary N) is 3. The fourth-order valence-corrected chi connectivity index (χ4v) is 3.98. The Bertz CT molecular complexity index is 1300. The number of phenols is 2. The summed E-state index contributed by atoms with van der Waals surface area (Å²) in [5.41, 5.74) is 17.5. The number of amides is 5. The summed E-state index contributed by atoms with van der Waals surface area (Å²) in [4.78, 5) is 73.6. The quantitative estimate of drug-likeness (QED) is 0.0990. The van der Waals surface area contributed by atoms with Crippen molar-refractivity contribution in [3.63, 3.8) is 0 Å². The maximum absolute atomic E-state index is 13.4. The number of carboxylic acids is 1. The van der Waals surface area contributed by atoms with Crippen LogP contribution in [0.1, 0.15) is 36.8 Å². The Morgan fingerprint density at radius 2 is 1.00 bits per heavy atom. The van der Waals surface area contributed by atoms with Crippen molar-refractivity contribution >= 4 is 35.5 Å². The summed E-state index contributed by atoms with van der Waals surface area (Å²) in [6.45, 7) is 0. The second-order valence-electron chi connectivity index (χ2n) is 9.88. The number of rotatable bonds is 17. The fraction of sp³-hybridized carbons (Fsp3) is 0.357. The average Bonchev–Trinajstić information content (AvgIpc) is 2.94. The minimum atomic E-state index is -1.52. The van der Waals surface area contributed by atoms with Crippen LogP contribution in [-0.2, 0) is 41.6 Å². The van der Waals surface area contributed by atoms with E-state index < -0.39 is 59.7 Å². The van der Waals surface area contributed by atoms with Crippen LogP contribution in [0.5, 0.6) is 11.5 Å². The van der Waals surface area contributed by atoms with E-state index in [9.17, 15) is 44.1 Å². The molecule has 15 nitrogen and oxygen atoms in total. The van der Waals surface area contributed by atoms with E-state index in [0.717, 1.165) is 0 Å². The molecule has 0 fully saturated rings. The molecule has 0 saturated heterocycles. The van der Waals surface area contributed by atoms with E-state index in [1.54, 1.807) is 12.1 Å². The van der Waals surface area contributed by atoms with E-state index in [2.05, 4.69) is 16.0 Å². The second kappa shape index (κ2) is 16.3. The zero-order valence-corrected chi connectivity index (χ0v) is 23.2. The number of carbonyl (C=O) groups is 6. The van der Waals surface area contributed by atoms with Gasteiger partial charge in [-0.25, -0.2) is 4.79 Å². The molecule has 2 aromatic carbocycles. The van der Waals surface area contributed by atoms with Crippen LogP contribution in [0.25, 0.3) is 0 Å². The highest BCUT2D eigenvalue weighted by atomic mass is 16.4. The van der Waals surface area contributed by atoms with Gasteiger partial charge in [-0.15, -0.1) is 0 Å². The number of aliphatic carboxylic acids is 1. The van der Waals surface area contributed by atoms with Gasteiger partial charge >= 0.3 is 5.97 Å². The summed E-state index contributed by atoms with van der Waals surface area (Å²) in [5.74, 6) is -5.54. The van der Waals surface area contributed by atoms with E-state index in [1.807, 2.05) is 0 Å². The van der Waals surface area contributed by atoms with E-state index >= 15 is 0 Å². The van der Waals surface area contributed by atoms with Crippen LogP contribution in [0.4, 0.5) is 0 Å². The van der Waals surface area contributed by atoms with Crippen molar-refractivity contribution in [1.82, 2.24) is 16.0 Å².